The molecule has 1 unspecified atom stereocenters. The molecule has 5 heteroatoms. The van der Waals surface area contributed by atoms with Gasteiger partial charge in [0, 0.05) is 6.54 Å². The van der Waals surface area contributed by atoms with E-state index in [4.69, 9.17) is 17.0 Å². The van der Waals surface area contributed by atoms with Crippen LogP contribution in [0.25, 0.3) is 0 Å². The lowest BCUT2D eigenvalue weighted by Gasteiger charge is -2.18. The average molecular weight is 255 g/mol. The SMILES string of the molecule is N=C1SCC(=O)N1CC(Cl)c1ccccc1. The molecule has 0 bridgehead atoms. The molecule has 1 aromatic rings. The molecule has 2 rings (SSSR count). The van der Waals surface area contributed by atoms with Gasteiger partial charge in [0.25, 0.3) is 0 Å². The second-order valence-corrected chi connectivity index (χ2v) is 4.97. The Morgan fingerprint density at radius 3 is 2.69 bits per heavy atom. The van der Waals surface area contributed by atoms with Gasteiger partial charge in [-0.25, -0.2) is 0 Å². The first kappa shape index (κ1) is 11.5. The van der Waals surface area contributed by atoms with Crippen molar-refractivity contribution < 1.29 is 4.79 Å². The van der Waals surface area contributed by atoms with Gasteiger partial charge in [0.15, 0.2) is 5.17 Å². The van der Waals surface area contributed by atoms with Crippen molar-refractivity contribution in [1.82, 2.24) is 4.90 Å². The number of carbonyl (C=O) groups excluding carboxylic acids is 1. The van der Waals surface area contributed by atoms with Crippen molar-refractivity contribution in [3.63, 3.8) is 0 Å². The molecule has 1 N–H and O–H groups in total. The normalized spacial score (nSPS) is 17.9. The molecule has 0 aliphatic carbocycles. The summed E-state index contributed by atoms with van der Waals surface area (Å²) in [6.07, 6.45) is 0. The molecule has 84 valence electrons. The highest BCUT2D eigenvalue weighted by Crippen LogP contribution is 2.25. The molecule has 1 aliphatic rings. The quantitative estimate of drug-likeness (QED) is 0.843. The fourth-order valence-corrected chi connectivity index (χ4v) is 2.54. The maximum absolute atomic E-state index is 11.5. The van der Waals surface area contributed by atoms with Gasteiger partial charge in [0.1, 0.15) is 0 Å². The fraction of sp³-hybridized carbons (Fsp3) is 0.273. The van der Waals surface area contributed by atoms with Gasteiger partial charge < -0.3 is 0 Å². The molecule has 0 radical (unpaired) electrons. The zero-order valence-electron chi connectivity index (χ0n) is 8.52. The third kappa shape index (κ3) is 2.39. The number of nitrogens with zero attached hydrogens (tertiary/aromatic N) is 1. The molecular weight excluding hydrogens is 244 g/mol. The second kappa shape index (κ2) is 4.89. The van der Waals surface area contributed by atoms with E-state index >= 15 is 0 Å². The summed E-state index contributed by atoms with van der Waals surface area (Å²) in [6, 6.07) is 9.60. The van der Waals surface area contributed by atoms with Crippen molar-refractivity contribution in [3.8, 4) is 0 Å². The van der Waals surface area contributed by atoms with Gasteiger partial charge in [0.05, 0.1) is 11.1 Å². The van der Waals surface area contributed by atoms with Crippen LogP contribution in [0.5, 0.6) is 0 Å². The summed E-state index contributed by atoms with van der Waals surface area (Å²) in [5.74, 6) is 0.327. The van der Waals surface area contributed by atoms with E-state index in [9.17, 15) is 4.79 Å². The number of hydrogen-bond donors (Lipinski definition) is 1. The molecule has 3 nitrogen and oxygen atoms in total. The van der Waals surface area contributed by atoms with Gasteiger partial charge in [-0.05, 0) is 5.56 Å². The van der Waals surface area contributed by atoms with Crippen LogP contribution in [0.2, 0.25) is 0 Å². The molecule has 0 spiro atoms. The van der Waals surface area contributed by atoms with Crippen molar-refractivity contribution in [1.29, 1.82) is 5.41 Å². The summed E-state index contributed by atoms with van der Waals surface area (Å²) in [7, 11) is 0. The minimum absolute atomic E-state index is 0.0309. The van der Waals surface area contributed by atoms with E-state index in [1.165, 1.54) is 16.7 Å². The summed E-state index contributed by atoms with van der Waals surface area (Å²) in [6.45, 7) is 0.371. The van der Waals surface area contributed by atoms with E-state index in [1.54, 1.807) is 0 Å². The van der Waals surface area contributed by atoms with Gasteiger partial charge in [-0.3, -0.25) is 15.1 Å². The van der Waals surface area contributed by atoms with Crippen molar-refractivity contribution >= 4 is 34.4 Å². The molecule has 1 aliphatic heterocycles. The van der Waals surface area contributed by atoms with Gasteiger partial charge in [-0.2, -0.15) is 0 Å². The predicted octanol–water partition coefficient (Wildman–Crippen LogP) is 2.48. The van der Waals surface area contributed by atoms with Crippen LogP contribution in [0.15, 0.2) is 30.3 Å². The van der Waals surface area contributed by atoms with Crippen LogP contribution >= 0.6 is 23.4 Å². The number of halogens is 1. The maximum Gasteiger partial charge on any atom is 0.239 e. The number of rotatable bonds is 3. The Morgan fingerprint density at radius 2 is 2.12 bits per heavy atom. The summed E-state index contributed by atoms with van der Waals surface area (Å²) < 4.78 is 0. The first-order chi connectivity index (χ1) is 7.68. The molecule has 1 saturated heterocycles. The lowest BCUT2D eigenvalue weighted by molar-refractivity contribution is -0.124. The van der Waals surface area contributed by atoms with Crippen LogP contribution in [0.1, 0.15) is 10.9 Å². The number of amides is 1. The molecule has 0 aromatic heterocycles. The highest BCUT2D eigenvalue weighted by Gasteiger charge is 2.28. The molecule has 1 atom stereocenters. The molecule has 1 amide bonds. The minimum Gasteiger partial charge on any atom is -0.289 e. The Morgan fingerprint density at radius 1 is 1.44 bits per heavy atom. The molecule has 1 fully saturated rings. The second-order valence-electron chi connectivity index (χ2n) is 3.48. The zero-order valence-corrected chi connectivity index (χ0v) is 10.1. The van der Waals surface area contributed by atoms with Crippen LogP contribution in [0.4, 0.5) is 0 Å². The summed E-state index contributed by atoms with van der Waals surface area (Å²) in [5, 5.41) is 7.64. The fourth-order valence-electron chi connectivity index (χ4n) is 1.51. The van der Waals surface area contributed by atoms with Gasteiger partial charge in [0.2, 0.25) is 5.91 Å². The Labute approximate surface area is 103 Å². The highest BCUT2D eigenvalue weighted by molar-refractivity contribution is 8.14. The first-order valence-electron chi connectivity index (χ1n) is 4.89. The van der Waals surface area contributed by atoms with Gasteiger partial charge >= 0.3 is 0 Å². The monoisotopic (exact) mass is 254 g/mol. The van der Waals surface area contributed by atoms with Crippen molar-refractivity contribution in [2.45, 2.75) is 5.38 Å². The van der Waals surface area contributed by atoms with Crippen molar-refractivity contribution in [2.75, 3.05) is 12.3 Å². The Hall–Kier alpha value is -1.00. The molecule has 1 heterocycles. The molecule has 1 aromatic carbocycles. The van der Waals surface area contributed by atoms with Crippen LogP contribution < -0.4 is 0 Å². The zero-order chi connectivity index (χ0) is 11.5. The van der Waals surface area contributed by atoms with Crippen LogP contribution in [-0.2, 0) is 4.79 Å². The van der Waals surface area contributed by atoms with Crippen LogP contribution in [0, 0.1) is 5.41 Å². The first-order valence-corrected chi connectivity index (χ1v) is 6.31. The van der Waals surface area contributed by atoms with E-state index in [1.807, 2.05) is 30.3 Å². The molecule has 16 heavy (non-hydrogen) atoms. The lowest BCUT2D eigenvalue weighted by Crippen LogP contribution is -2.32. The van der Waals surface area contributed by atoms with Crippen molar-refractivity contribution in [2.24, 2.45) is 0 Å². The number of amidine groups is 1. The predicted molar refractivity (Wildman–Crippen MR) is 66.9 cm³/mol. The topological polar surface area (TPSA) is 44.2 Å². The standard InChI is InChI=1S/C11H11ClN2OS/c12-9(8-4-2-1-3-5-8)6-14-10(15)7-16-11(14)13/h1-5,9,13H,6-7H2. The number of thioether (sulfide) groups is 1. The number of nitrogens with one attached hydrogen (secondary N) is 1. The number of alkyl halides is 1. The third-order valence-corrected chi connectivity index (χ3v) is 3.66. The summed E-state index contributed by atoms with van der Waals surface area (Å²) >= 11 is 7.47. The van der Waals surface area contributed by atoms with Crippen LogP contribution in [-0.4, -0.2) is 28.3 Å². The number of carbonyl (C=O) groups is 1. The van der Waals surface area contributed by atoms with E-state index in [-0.39, 0.29) is 11.3 Å². The molecule has 0 saturated carbocycles. The van der Waals surface area contributed by atoms with Gasteiger partial charge in [-0.1, -0.05) is 42.1 Å². The smallest absolute Gasteiger partial charge is 0.239 e. The summed E-state index contributed by atoms with van der Waals surface area (Å²) in [5.41, 5.74) is 0.974. The highest BCUT2D eigenvalue weighted by atomic mass is 35.5. The average Bonchev–Trinajstić information content (AvgIpc) is 2.62. The largest absolute Gasteiger partial charge is 0.289 e. The maximum atomic E-state index is 11.5. The van der Waals surface area contributed by atoms with E-state index < -0.39 is 0 Å². The van der Waals surface area contributed by atoms with Crippen molar-refractivity contribution in [3.05, 3.63) is 35.9 Å². The van der Waals surface area contributed by atoms with Crippen LogP contribution in [0.3, 0.4) is 0 Å². The van der Waals surface area contributed by atoms with E-state index in [2.05, 4.69) is 0 Å². The van der Waals surface area contributed by atoms with E-state index in [0.717, 1.165) is 5.56 Å². The Kier molecular flexibility index (Phi) is 3.51. The van der Waals surface area contributed by atoms with E-state index in [0.29, 0.717) is 17.5 Å². The summed E-state index contributed by atoms with van der Waals surface area (Å²) in [4.78, 5) is 12.9. The number of benzene rings is 1. The Bertz CT molecular complexity index is 394. The molecular formula is C11H11ClN2OS. The van der Waals surface area contributed by atoms with Gasteiger partial charge in [-0.15, -0.1) is 11.6 Å². The Balaban J connectivity index is 2.05. The lowest BCUT2D eigenvalue weighted by atomic mass is 10.1. The number of hydrogen-bond acceptors (Lipinski definition) is 3. The minimum atomic E-state index is -0.260. The third-order valence-electron chi connectivity index (χ3n) is 2.38.